The summed E-state index contributed by atoms with van der Waals surface area (Å²) in [6.07, 6.45) is 2.27. The van der Waals surface area contributed by atoms with Crippen molar-refractivity contribution in [2.45, 2.75) is 75.3 Å². The fraction of sp³-hybridized carbons (Fsp3) is 0.464. The van der Waals surface area contributed by atoms with Gasteiger partial charge in [0.25, 0.3) is 0 Å². The second kappa shape index (κ2) is 14.9. The zero-order valence-electron chi connectivity index (χ0n) is 22.4. The van der Waals surface area contributed by atoms with Gasteiger partial charge < -0.3 is 25.0 Å². The van der Waals surface area contributed by atoms with Crippen LogP contribution < -0.4 is 5.32 Å². The number of aliphatic hydroxyl groups is 1. The van der Waals surface area contributed by atoms with Crippen LogP contribution in [0.2, 0.25) is 0 Å². The largest absolute Gasteiger partial charge is 0.481 e. The number of amides is 1. The standard InChI is InChI=1S/C28H35N5O6S/c1-33-28(30-31-32-33)40-18-23-15-24(21-11-9-20(17-34)10-12-21)39-27(38-23)22-13-7-19(8-14-22)16-29-25(35)5-3-2-4-6-26(36)37/h7-14,23-24,27,34H,2-6,15-18H2,1H3,(H,29,35)(H,36,37)/t23-,24+,27+/m1/s1. The number of carboxylic acid groups (broad SMARTS) is 1. The molecule has 2 aromatic carbocycles. The lowest BCUT2D eigenvalue weighted by atomic mass is 10.0. The molecule has 0 aliphatic carbocycles. The number of benzene rings is 2. The summed E-state index contributed by atoms with van der Waals surface area (Å²) in [6, 6.07) is 15.6. The zero-order chi connectivity index (χ0) is 28.3. The van der Waals surface area contributed by atoms with E-state index in [1.54, 1.807) is 11.7 Å². The van der Waals surface area contributed by atoms with Crippen molar-refractivity contribution >= 4 is 23.6 Å². The number of hydrogen-bond donors (Lipinski definition) is 3. The number of hydrogen-bond acceptors (Lipinski definition) is 9. The third-order valence-electron chi connectivity index (χ3n) is 6.63. The molecule has 1 fully saturated rings. The summed E-state index contributed by atoms with van der Waals surface area (Å²) in [5, 5.41) is 33.4. The maximum absolute atomic E-state index is 12.1. The number of ether oxygens (including phenoxy) is 2. The van der Waals surface area contributed by atoms with Crippen LogP contribution in [-0.2, 0) is 39.3 Å². The molecule has 0 saturated carbocycles. The zero-order valence-corrected chi connectivity index (χ0v) is 23.3. The van der Waals surface area contributed by atoms with Crippen LogP contribution in [0.4, 0.5) is 0 Å². The molecule has 3 N–H and O–H groups in total. The topological polar surface area (TPSA) is 149 Å². The first-order valence-electron chi connectivity index (χ1n) is 13.3. The highest BCUT2D eigenvalue weighted by Crippen LogP contribution is 2.39. The molecule has 1 aromatic heterocycles. The minimum atomic E-state index is -0.807. The number of aliphatic carboxylic acids is 1. The predicted octanol–water partition coefficient (Wildman–Crippen LogP) is 3.69. The number of unbranched alkanes of at least 4 members (excludes halogenated alkanes) is 2. The molecule has 12 heteroatoms. The molecule has 0 unspecified atom stereocenters. The lowest BCUT2D eigenvalue weighted by Crippen LogP contribution is -2.31. The van der Waals surface area contributed by atoms with Crippen LogP contribution in [0.25, 0.3) is 0 Å². The van der Waals surface area contributed by atoms with Crippen molar-refractivity contribution in [3.63, 3.8) is 0 Å². The Hall–Kier alpha value is -3.32. The third kappa shape index (κ3) is 8.85. The minimum absolute atomic E-state index is 0.0118. The van der Waals surface area contributed by atoms with Gasteiger partial charge in [0.15, 0.2) is 6.29 Å². The van der Waals surface area contributed by atoms with Gasteiger partial charge in [0.1, 0.15) is 0 Å². The Labute approximate surface area is 237 Å². The fourth-order valence-electron chi connectivity index (χ4n) is 4.35. The summed E-state index contributed by atoms with van der Waals surface area (Å²) in [5.74, 6) is -0.204. The van der Waals surface area contributed by atoms with Gasteiger partial charge in [-0.15, -0.1) is 5.10 Å². The SMILES string of the molecule is Cn1nnnc1SC[C@H]1C[C@@H](c2ccc(CO)cc2)O[C@@H](c2ccc(CNC(=O)CCCCCC(=O)O)cc2)O1. The number of tetrazole rings is 1. The molecule has 11 nitrogen and oxygen atoms in total. The summed E-state index contributed by atoms with van der Waals surface area (Å²) < 4.78 is 14.4. The molecule has 1 saturated heterocycles. The Kier molecular flexibility index (Phi) is 11.0. The van der Waals surface area contributed by atoms with Crippen molar-refractivity contribution in [1.29, 1.82) is 0 Å². The van der Waals surface area contributed by atoms with E-state index in [0.717, 1.165) is 28.7 Å². The fourth-order valence-corrected chi connectivity index (χ4v) is 5.22. The number of aryl methyl sites for hydroxylation is 1. The summed E-state index contributed by atoms with van der Waals surface area (Å²) >= 11 is 1.53. The van der Waals surface area contributed by atoms with Crippen LogP contribution in [0.1, 0.15) is 73.2 Å². The molecular formula is C28H35N5O6S. The van der Waals surface area contributed by atoms with E-state index in [4.69, 9.17) is 14.6 Å². The summed E-state index contributed by atoms with van der Waals surface area (Å²) in [7, 11) is 1.80. The Balaban J connectivity index is 1.35. The Bertz CT molecular complexity index is 1240. The molecule has 1 aliphatic heterocycles. The van der Waals surface area contributed by atoms with Crippen LogP contribution >= 0.6 is 11.8 Å². The van der Waals surface area contributed by atoms with Crippen LogP contribution in [0.5, 0.6) is 0 Å². The lowest BCUT2D eigenvalue weighted by Gasteiger charge is -2.36. The number of carbonyl (C=O) groups excluding carboxylic acids is 1. The highest BCUT2D eigenvalue weighted by Gasteiger charge is 2.32. The van der Waals surface area contributed by atoms with Crippen molar-refractivity contribution in [2.75, 3.05) is 5.75 Å². The lowest BCUT2D eigenvalue weighted by molar-refractivity contribution is -0.245. The smallest absolute Gasteiger partial charge is 0.303 e. The average Bonchev–Trinajstić information content (AvgIpc) is 3.39. The monoisotopic (exact) mass is 569 g/mol. The van der Waals surface area contributed by atoms with Crippen LogP contribution in [0.3, 0.4) is 0 Å². The van der Waals surface area contributed by atoms with E-state index in [-0.39, 0.29) is 31.1 Å². The van der Waals surface area contributed by atoms with E-state index in [2.05, 4.69) is 20.8 Å². The van der Waals surface area contributed by atoms with Gasteiger partial charge in [0.2, 0.25) is 11.1 Å². The number of rotatable bonds is 14. The average molecular weight is 570 g/mol. The van der Waals surface area contributed by atoms with Crippen LogP contribution in [-0.4, -0.2) is 54.2 Å². The van der Waals surface area contributed by atoms with Crippen molar-refractivity contribution in [3.8, 4) is 0 Å². The molecule has 40 heavy (non-hydrogen) atoms. The molecule has 3 aromatic rings. The predicted molar refractivity (Wildman–Crippen MR) is 147 cm³/mol. The number of nitrogens with one attached hydrogen (secondary N) is 1. The van der Waals surface area contributed by atoms with Gasteiger partial charge in [-0.2, -0.15) is 0 Å². The number of aromatic nitrogens is 4. The molecule has 0 bridgehead atoms. The van der Waals surface area contributed by atoms with Gasteiger partial charge in [-0.1, -0.05) is 66.7 Å². The molecule has 1 amide bonds. The number of carbonyl (C=O) groups is 2. The molecule has 2 heterocycles. The Morgan fingerprint density at radius 1 is 1.00 bits per heavy atom. The van der Waals surface area contributed by atoms with Crippen molar-refractivity contribution < 1.29 is 29.3 Å². The van der Waals surface area contributed by atoms with Gasteiger partial charge in [-0.25, -0.2) is 4.68 Å². The number of carboxylic acids is 1. The van der Waals surface area contributed by atoms with E-state index in [1.807, 2.05) is 48.5 Å². The highest BCUT2D eigenvalue weighted by atomic mass is 32.2. The number of thioether (sulfide) groups is 1. The van der Waals surface area contributed by atoms with Gasteiger partial charge in [0, 0.05) is 44.2 Å². The maximum atomic E-state index is 12.1. The summed E-state index contributed by atoms with van der Waals surface area (Å²) in [5.41, 5.74) is 3.69. The second-order valence-electron chi connectivity index (χ2n) is 9.72. The van der Waals surface area contributed by atoms with Crippen molar-refractivity contribution in [3.05, 3.63) is 70.8 Å². The highest BCUT2D eigenvalue weighted by molar-refractivity contribution is 7.99. The molecular weight excluding hydrogens is 534 g/mol. The Morgan fingerprint density at radius 3 is 2.38 bits per heavy atom. The van der Waals surface area contributed by atoms with Crippen LogP contribution in [0, 0.1) is 0 Å². The second-order valence-corrected chi connectivity index (χ2v) is 10.7. The van der Waals surface area contributed by atoms with Gasteiger partial charge in [0.05, 0.1) is 18.8 Å². The normalized spacial score (nSPS) is 18.9. The first-order chi connectivity index (χ1) is 19.4. The molecule has 4 rings (SSSR count). The van der Waals surface area contributed by atoms with Crippen molar-refractivity contribution in [2.24, 2.45) is 7.05 Å². The van der Waals surface area contributed by atoms with Crippen LogP contribution in [0.15, 0.2) is 53.7 Å². The molecule has 3 atom stereocenters. The quantitative estimate of drug-likeness (QED) is 0.194. The number of nitrogens with zero attached hydrogens (tertiary/aromatic N) is 4. The first-order valence-corrected chi connectivity index (χ1v) is 14.3. The maximum Gasteiger partial charge on any atom is 0.303 e. The van der Waals surface area contributed by atoms with Gasteiger partial charge >= 0.3 is 5.97 Å². The van der Waals surface area contributed by atoms with E-state index in [9.17, 15) is 14.7 Å². The Morgan fingerprint density at radius 2 is 1.70 bits per heavy atom. The van der Waals surface area contributed by atoms with E-state index in [1.165, 1.54) is 11.8 Å². The molecule has 0 radical (unpaired) electrons. The summed E-state index contributed by atoms with van der Waals surface area (Å²) in [6.45, 7) is 0.396. The molecule has 214 valence electrons. The van der Waals surface area contributed by atoms with Gasteiger partial charge in [-0.3, -0.25) is 9.59 Å². The van der Waals surface area contributed by atoms with Gasteiger partial charge in [-0.05, 0) is 40.0 Å². The van der Waals surface area contributed by atoms with E-state index in [0.29, 0.717) is 43.1 Å². The minimum Gasteiger partial charge on any atom is -0.481 e. The number of aliphatic hydroxyl groups excluding tert-OH is 1. The molecule has 0 spiro atoms. The van der Waals surface area contributed by atoms with Crippen molar-refractivity contribution in [1.82, 2.24) is 25.5 Å². The molecule has 1 aliphatic rings. The van der Waals surface area contributed by atoms with E-state index >= 15 is 0 Å². The third-order valence-corrected chi connectivity index (χ3v) is 7.77. The van der Waals surface area contributed by atoms with E-state index < -0.39 is 12.3 Å². The summed E-state index contributed by atoms with van der Waals surface area (Å²) in [4.78, 5) is 22.7. The first kappa shape index (κ1) is 29.7.